The number of nitrogens with zero attached hydrogens (tertiary/aromatic N) is 5. The number of amides is 2. The second-order valence-corrected chi connectivity index (χ2v) is 9.17. The number of aliphatic hydroxyl groups is 1. The number of anilines is 2. The van der Waals surface area contributed by atoms with Crippen molar-refractivity contribution in [1.82, 2.24) is 24.5 Å². The molecule has 3 aromatic rings. The monoisotopic (exact) mass is 495 g/mol. The summed E-state index contributed by atoms with van der Waals surface area (Å²) in [4.78, 5) is 27.3. The molecule has 11 nitrogen and oxygen atoms in total. The number of aromatic nitrogens is 4. The van der Waals surface area contributed by atoms with Gasteiger partial charge in [-0.15, -0.1) is 0 Å². The summed E-state index contributed by atoms with van der Waals surface area (Å²) in [5.41, 5.74) is 0. The Labute approximate surface area is 210 Å². The van der Waals surface area contributed by atoms with E-state index in [-0.39, 0.29) is 36.9 Å². The standard InChI is InChI=1S/C25H33N7O4/c1-30-13-11-21(28-30)26-23(33)16-32(17-24(34)27-22-12-14-31(2)29-22)15-18-7-6-10-20(25(18)35)36-19-8-4-3-5-9-19/h3-5,8-9,11-14,18,20,25,35H,6-7,10,15-17H2,1-2H3,(H,26,28,33)(H,27,29,34)/t18-,20-,25-/m1/s1. The molecule has 3 N–H and O–H groups in total. The number of benzene rings is 1. The maximum Gasteiger partial charge on any atom is 0.239 e. The van der Waals surface area contributed by atoms with Gasteiger partial charge in [-0.2, -0.15) is 10.2 Å². The van der Waals surface area contributed by atoms with Crippen LogP contribution in [-0.4, -0.2) is 73.2 Å². The number of aryl methyl sites for hydroxylation is 2. The van der Waals surface area contributed by atoms with Crippen molar-refractivity contribution in [1.29, 1.82) is 0 Å². The van der Waals surface area contributed by atoms with Gasteiger partial charge in [0.1, 0.15) is 11.9 Å². The predicted octanol–water partition coefficient (Wildman–Crippen LogP) is 1.64. The molecule has 0 aliphatic heterocycles. The Hall–Kier alpha value is -3.70. The summed E-state index contributed by atoms with van der Waals surface area (Å²) in [5.74, 6) is 0.855. The number of nitrogens with one attached hydrogen (secondary N) is 2. The zero-order valence-electron chi connectivity index (χ0n) is 20.6. The second kappa shape index (κ2) is 11.8. The van der Waals surface area contributed by atoms with Gasteiger partial charge < -0.3 is 20.5 Å². The molecule has 1 fully saturated rings. The molecular weight excluding hydrogens is 462 g/mol. The molecule has 2 heterocycles. The molecule has 1 aliphatic rings. The van der Waals surface area contributed by atoms with Gasteiger partial charge >= 0.3 is 0 Å². The van der Waals surface area contributed by atoms with E-state index in [0.29, 0.717) is 23.9 Å². The summed E-state index contributed by atoms with van der Waals surface area (Å²) >= 11 is 0. The molecule has 2 amide bonds. The number of para-hydroxylation sites is 1. The zero-order chi connectivity index (χ0) is 25.5. The summed E-state index contributed by atoms with van der Waals surface area (Å²) in [7, 11) is 3.53. The molecule has 3 atom stereocenters. The fraction of sp³-hybridized carbons (Fsp3) is 0.440. The van der Waals surface area contributed by atoms with E-state index >= 15 is 0 Å². The average molecular weight is 496 g/mol. The smallest absolute Gasteiger partial charge is 0.239 e. The lowest BCUT2D eigenvalue weighted by Gasteiger charge is -2.37. The topological polar surface area (TPSA) is 127 Å². The number of hydrogen-bond acceptors (Lipinski definition) is 7. The molecule has 2 aromatic heterocycles. The molecule has 0 saturated heterocycles. The van der Waals surface area contributed by atoms with Crippen LogP contribution in [0.15, 0.2) is 54.9 Å². The van der Waals surface area contributed by atoms with Gasteiger partial charge in [0.25, 0.3) is 0 Å². The number of carbonyl (C=O) groups excluding carboxylic acids is 2. The molecule has 0 bridgehead atoms. The van der Waals surface area contributed by atoms with E-state index in [9.17, 15) is 14.7 Å². The Kier molecular flexibility index (Phi) is 8.34. The second-order valence-electron chi connectivity index (χ2n) is 9.17. The van der Waals surface area contributed by atoms with Gasteiger partial charge in [0, 0.05) is 51.1 Å². The SMILES string of the molecule is Cn1ccc(NC(=O)CN(CC(=O)Nc2ccn(C)n2)C[C@H]2CCC[C@@H](Oc3ccccc3)[C@@H]2O)n1. The van der Waals surface area contributed by atoms with Crippen LogP contribution in [0, 0.1) is 5.92 Å². The summed E-state index contributed by atoms with van der Waals surface area (Å²) in [6, 6.07) is 12.8. The Balaban J connectivity index is 1.41. The van der Waals surface area contributed by atoms with Crippen LogP contribution in [-0.2, 0) is 23.7 Å². The third kappa shape index (κ3) is 7.15. The molecule has 36 heavy (non-hydrogen) atoms. The van der Waals surface area contributed by atoms with E-state index in [1.165, 1.54) is 0 Å². The van der Waals surface area contributed by atoms with E-state index in [0.717, 1.165) is 19.3 Å². The fourth-order valence-electron chi connectivity index (χ4n) is 4.48. The summed E-state index contributed by atoms with van der Waals surface area (Å²) in [6.07, 6.45) is 4.80. The third-order valence-corrected chi connectivity index (χ3v) is 6.15. The Morgan fingerprint density at radius 2 is 1.56 bits per heavy atom. The third-order valence-electron chi connectivity index (χ3n) is 6.15. The van der Waals surface area contributed by atoms with Gasteiger partial charge in [-0.1, -0.05) is 18.2 Å². The molecule has 11 heteroatoms. The first-order valence-corrected chi connectivity index (χ1v) is 12.1. The van der Waals surface area contributed by atoms with Crippen molar-refractivity contribution in [3.63, 3.8) is 0 Å². The predicted molar refractivity (Wildman–Crippen MR) is 134 cm³/mol. The first-order valence-electron chi connectivity index (χ1n) is 12.1. The molecular formula is C25H33N7O4. The van der Waals surface area contributed by atoms with Crippen molar-refractivity contribution in [3.05, 3.63) is 54.9 Å². The highest BCUT2D eigenvalue weighted by Crippen LogP contribution is 2.29. The normalized spacial score (nSPS) is 19.7. The lowest BCUT2D eigenvalue weighted by molar-refractivity contribution is -0.121. The van der Waals surface area contributed by atoms with Crippen molar-refractivity contribution in [2.75, 3.05) is 30.3 Å². The first kappa shape index (κ1) is 25.4. The van der Waals surface area contributed by atoms with Crippen LogP contribution in [0.1, 0.15) is 19.3 Å². The van der Waals surface area contributed by atoms with Crippen molar-refractivity contribution in [3.8, 4) is 5.75 Å². The minimum atomic E-state index is -0.723. The Morgan fingerprint density at radius 3 is 2.08 bits per heavy atom. The van der Waals surface area contributed by atoms with Crippen LogP contribution in [0.4, 0.5) is 11.6 Å². The van der Waals surface area contributed by atoms with Gasteiger partial charge in [0.05, 0.1) is 19.2 Å². The Morgan fingerprint density at radius 1 is 0.972 bits per heavy atom. The Bertz CT molecular complexity index is 1090. The van der Waals surface area contributed by atoms with E-state index in [1.54, 1.807) is 52.9 Å². The van der Waals surface area contributed by atoms with Crippen molar-refractivity contribution >= 4 is 23.5 Å². The van der Waals surface area contributed by atoms with Gasteiger partial charge in [-0.3, -0.25) is 23.9 Å². The maximum absolute atomic E-state index is 12.8. The van der Waals surface area contributed by atoms with E-state index < -0.39 is 6.10 Å². The molecule has 0 radical (unpaired) electrons. The number of aliphatic hydroxyl groups excluding tert-OH is 1. The molecule has 1 saturated carbocycles. The highest BCUT2D eigenvalue weighted by Gasteiger charge is 2.35. The molecule has 192 valence electrons. The number of ether oxygens (including phenoxy) is 1. The van der Waals surface area contributed by atoms with Crippen LogP contribution in [0.25, 0.3) is 0 Å². The van der Waals surface area contributed by atoms with Crippen molar-refractivity contribution in [2.45, 2.75) is 31.5 Å². The quantitative estimate of drug-likeness (QED) is 0.390. The zero-order valence-corrected chi connectivity index (χ0v) is 20.6. The van der Waals surface area contributed by atoms with Crippen molar-refractivity contribution < 1.29 is 19.4 Å². The van der Waals surface area contributed by atoms with Crippen molar-refractivity contribution in [2.24, 2.45) is 20.0 Å². The highest BCUT2D eigenvalue weighted by atomic mass is 16.5. The van der Waals surface area contributed by atoms with Gasteiger partial charge in [-0.25, -0.2) is 0 Å². The lowest BCUT2D eigenvalue weighted by atomic mass is 9.84. The number of rotatable bonds is 10. The average Bonchev–Trinajstić information content (AvgIpc) is 3.44. The molecule has 0 spiro atoms. The highest BCUT2D eigenvalue weighted by molar-refractivity contribution is 5.93. The van der Waals surface area contributed by atoms with E-state index in [2.05, 4.69) is 20.8 Å². The van der Waals surface area contributed by atoms with Crippen LogP contribution < -0.4 is 15.4 Å². The van der Waals surface area contributed by atoms with E-state index in [1.807, 2.05) is 30.3 Å². The largest absolute Gasteiger partial charge is 0.488 e. The molecule has 4 rings (SSSR count). The summed E-state index contributed by atoms with van der Waals surface area (Å²) in [5, 5.41) is 25.0. The van der Waals surface area contributed by atoms with Crippen LogP contribution in [0.2, 0.25) is 0 Å². The maximum atomic E-state index is 12.8. The summed E-state index contributed by atoms with van der Waals surface area (Å²) in [6.45, 7) is 0.306. The molecule has 0 unspecified atom stereocenters. The van der Waals surface area contributed by atoms with Gasteiger partial charge in [-0.05, 0) is 31.4 Å². The minimum absolute atomic E-state index is 0.0281. The van der Waals surface area contributed by atoms with Gasteiger partial charge in [0.15, 0.2) is 11.6 Å². The van der Waals surface area contributed by atoms with E-state index in [4.69, 9.17) is 4.74 Å². The van der Waals surface area contributed by atoms with Gasteiger partial charge in [0.2, 0.25) is 11.8 Å². The van der Waals surface area contributed by atoms with Crippen LogP contribution in [0.5, 0.6) is 5.75 Å². The van der Waals surface area contributed by atoms with Crippen LogP contribution >= 0.6 is 0 Å². The van der Waals surface area contributed by atoms with Crippen LogP contribution in [0.3, 0.4) is 0 Å². The lowest BCUT2D eigenvalue weighted by Crippen LogP contribution is -2.48. The fourth-order valence-corrected chi connectivity index (χ4v) is 4.48. The first-order chi connectivity index (χ1) is 17.4. The number of hydrogen-bond donors (Lipinski definition) is 3. The number of carbonyl (C=O) groups is 2. The summed E-state index contributed by atoms with van der Waals surface area (Å²) < 4.78 is 9.25. The minimum Gasteiger partial charge on any atom is -0.488 e. The molecule has 1 aromatic carbocycles. The molecule has 1 aliphatic carbocycles.